The van der Waals surface area contributed by atoms with Gasteiger partial charge in [-0.1, -0.05) is 12.8 Å². The van der Waals surface area contributed by atoms with Gasteiger partial charge < -0.3 is 9.64 Å². The van der Waals surface area contributed by atoms with Gasteiger partial charge in [0.1, 0.15) is 0 Å². The number of ketones is 1. The van der Waals surface area contributed by atoms with Crippen LogP contribution in [0.15, 0.2) is 18.2 Å². The number of ether oxygens (including phenoxy) is 1. The highest BCUT2D eigenvalue weighted by Crippen LogP contribution is 2.24. The molecule has 1 aliphatic carbocycles. The molecule has 26 heavy (non-hydrogen) atoms. The van der Waals surface area contributed by atoms with Crippen molar-refractivity contribution in [3.8, 4) is 5.75 Å². The molecule has 6 heteroatoms. The molecule has 1 heterocycles. The van der Waals surface area contributed by atoms with Crippen molar-refractivity contribution in [2.45, 2.75) is 44.6 Å². The number of amides is 1. The second-order valence-electron chi connectivity index (χ2n) is 7.13. The maximum atomic E-state index is 13.7. The number of carbonyl (C=O) groups is 2. The van der Waals surface area contributed by atoms with Crippen LogP contribution in [-0.4, -0.2) is 60.8 Å². The van der Waals surface area contributed by atoms with Gasteiger partial charge in [-0.05, 0) is 31.0 Å². The van der Waals surface area contributed by atoms with Crippen LogP contribution in [-0.2, 0) is 4.79 Å². The predicted molar refractivity (Wildman–Crippen MR) is 96.9 cm³/mol. The second-order valence-corrected chi connectivity index (χ2v) is 7.13. The van der Waals surface area contributed by atoms with Crippen molar-refractivity contribution in [2.75, 3.05) is 33.3 Å². The summed E-state index contributed by atoms with van der Waals surface area (Å²) >= 11 is 0. The highest BCUT2D eigenvalue weighted by molar-refractivity contribution is 5.98. The molecule has 1 saturated carbocycles. The third kappa shape index (κ3) is 4.41. The lowest BCUT2D eigenvalue weighted by Crippen LogP contribution is -2.51. The number of Topliss-reactive ketones (excluding diaryl/α,β-unsaturated/α-hetero) is 1. The van der Waals surface area contributed by atoms with Crippen molar-refractivity contribution in [3.63, 3.8) is 0 Å². The van der Waals surface area contributed by atoms with Gasteiger partial charge in [0, 0.05) is 50.6 Å². The van der Waals surface area contributed by atoms with E-state index in [2.05, 4.69) is 4.90 Å². The van der Waals surface area contributed by atoms with E-state index in [-0.39, 0.29) is 35.8 Å². The zero-order valence-corrected chi connectivity index (χ0v) is 15.4. The molecule has 1 aromatic carbocycles. The molecule has 142 valence electrons. The average molecular weight is 362 g/mol. The smallest absolute Gasteiger partial charge is 0.223 e. The molecular formula is C20H27FN2O3. The third-order valence-electron chi connectivity index (χ3n) is 5.55. The van der Waals surface area contributed by atoms with E-state index in [9.17, 15) is 14.0 Å². The number of nitrogens with zero attached hydrogens (tertiary/aromatic N) is 2. The molecule has 5 nitrogen and oxygen atoms in total. The molecule has 0 aromatic heterocycles. The van der Waals surface area contributed by atoms with Gasteiger partial charge in [0.25, 0.3) is 0 Å². The van der Waals surface area contributed by atoms with Crippen LogP contribution in [0.4, 0.5) is 4.39 Å². The Hall–Kier alpha value is -1.95. The number of hydrogen-bond acceptors (Lipinski definition) is 4. The molecular weight excluding hydrogens is 335 g/mol. The predicted octanol–water partition coefficient (Wildman–Crippen LogP) is 2.88. The zero-order valence-electron chi connectivity index (χ0n) is 15.4. The Kier molecular flexibility index (Phi) is 6.25. The second kappa shape index (κ2) is 8.62. The van der Waals surface area contributed by atoms with Crippen molar-refractivity contribution in [1.82, 2.24) is 9.80 Å². The minimum Gasteiger partial charge on any atom is -0.494 e. The average Bonchev–Trinajstić information content (AvgIpc) is 3.20. The molecule has 0 N–H and O–H groups in total. The summed E-state index contributed by atoms with van der Waals surface area (Å²) in [5.74, 6) is -0.659. The van der Waals surface area contributed by atoms with E-state index < -0.39 is 5.82 Å². The Bertz CT molecular complexity index is 650. The Morgan fingerprint density at radius 2 is 1.81 bits per heavy atom. The lowest BCUT2D eigenvalue weighted by atomic mass is 10.1. The normalized spacial score (nSPS) is 18.9. The number of hydrogen-bond donors (Lipinski definition) is 0. The molecule has 1 aromatic rings. The van der Waals surface area contributed by atoms with Crippen molar-refractivity contribution in [2.24, 2.45) is 0 Å². The van der Waals surface area contributed by atoms with E-state index in [1.54, 1.807) is 0 Å². The van der Waals surface area contributed by atoms with Crippen molar-refractivity contribution in [1.29, 1.82) is 0 Å². The highest BCUT2D eigenvalue weighted by Gasteiger charge is 2.27. The van der Waals surface area contributed by atoms with Crippen LogP contribution in [0, 0.1) is 5.82 Å². The van der Waals surface area contributed by atoms with Gasteiger partial charge >= 0.3 is 0 Å². The standard InChI is InChI=1S/C20H27FN2O3/c1-26-19-8-6-15(14-17(19)21)18(24)7-9-20(25)23-12-10-22(11-13-23)16-4-2-3-5-16/h6,8,14,16H,2-5,7,9-13H2,1H3. The van der Waals surface area contributed by atoms with Crippen LogP contribution in [0.1, 0.15) is 48.9 Å². The van der Waals surface area contributed by atoms with Crippen molar-refractivity contribution in [3.05, 3.63) is 29.6 Å². The first-order chi connectivity index (χ1) is 12.6. The van der Waals surface area contributed by atoms with E-state index in [0.29, 0.717) is 6.04 Å². The maximum Gasteiger partial charge on any atom is 0.223 e. The summed E-state index contributed by atoms with van der Waals surface area (Å²) in [4.78, 5) is 29.0. The summed E-state index contributed by atoms with van der Waals surface area (Å²) in [6.07, 6.45) is 5.47. The third-order valence-corrected chi connectivity index (χ3v) is 5.55. The van der Waals surface area contributed by atoms with Crippen LogP contribution in [0.3, 0.4) is 0 Å². The first kappa shape index (κ1) is 18.8. The monoisotopic (exact) mass is 362 g/mol. The van der Waals surface area contributed by atoms with Gasteiger partial charge in [0.2, 0.25) is 5.91 Å². The molecule has 2 fully saturated rings. The molecule has 1 saturated heterocycles. The van der Waals surface area contributed by atoms with Crippen LogP contribution < -0.4 is 4.74 Å². The number of halogens is 1. The Morgan fingerprint density at radius 1 is 1.12 bits per heavy atom. The van der Waals surface area contributed by atoms with Crippen LogP contribution >= 0.6 is 0 Å². The molecule has 0 unspecified atom stereocenters. The minimum absolute atomic E-state index is 0.0124. The summed E-state index contributed by atoms with van der Waals surface area (Å²) in [7, 11) is 1.38. The van der Waals surface area contributed by atoms with Gasteiger partial charge in [-0.3, -0.25) is 14.5 Å². The largest absolute Gasteiger partial charge is 0.494 e. The number of benzene rings is 1. The number of carbonyl (C=O) groups excluding carboxylic acids is 2. The molecule has 1 amide bonds. The van der Waals surface area contributed by atoms with E-state index in [4.69, 9.17) is 4.74 Å². The SMILES string of the molecule is COc1ccc(C(=O)CCC(=O)N2CCN(C3CCCC3)CC2)cc1F. The topological polar surface area (TPSA) is 49.9 Å². The summed E-state index contributed by atoms with van der Waals surface area (Å²) < 4.78 is 18.6. The zero-order chi connectivity index (χ0) is 18.5. The molecule has 0 radical (unpaired) electrons. The summed E-state index contributed by atoms with van der Waals surface area (Å²) in [6.45, 7) is 3.32. The van der Waals surface area contributed by atoms with E-state index >= 15 is 0 Å². The minimum atomic E-state index is -0.562. The van der Waals surface area contributed by atoms with E-state index in [0.717, 1.165) is 26.2 Å². The van der Waals surface area contributed by atoms with Crippen molar-refractivity contribution >= 4 is 11.7 Å². The Morgan fingerprint density at radius 3 is 2.42 bits per heavy atom. The van der Waals surface area contributed by atoms with Gasteiger partial charge in [0.15, 0.2) is 17.3 Å². The Balaban J connectivity index is 1.45. The van der Waals surface area contributed by atoms with E-state index in [1.165, 1.54) is 51.0 Å². The quantitative estimate of drug-likeness (QED) is 0.730. The number of methoxy groups -OCH3 is 1. The highest BCUT2D eigenvalue weighted by atomic mass is 19.1. The van der Waals surface area contributed by atoms with Gasteiger partial charge in [-0.15, -0.1) is 0 Å². The van der Waals surface area contributed by atoms with Crippen LogP contribution in [0.25, 0.3) is 0 Å². The number of rotatable bonds is 6. The summed E-state index contributed by atoms with van der Waals surface area (Å²) in [6, 6.07) is 4.84. The molecule has 0 bridgehead atoms. The van der Waals surface area contributed by atoms with E-state index in [1.807, 2.05) is 4.90 Å². The summed E-state index contributed by atoms with van der Waals surface area (Å²) in [5, 5.41) is 0. The summed E-state index contributed by atoms with van der Waals surface area (Å²) in [5.41, 5.74) is 0.280. The fourth-order valence-electron chi connectivity index (χ4n) is 3.97. The maximum absolute atomic E-state index is 13.7. The first-order valence-electron chi connectivity index (χ1n) is 9.47. The fourth-order valence-corrected chi connectivity index (χ4v) is 3.97. The van der Waals surface area contributed by atoms with Gasteiger partial charge in [0.05, 0.1) is 7.11 Å². The van der Waals surface area contributed by atoms with Gasteiger partial charge in [-0.2, -0.15) is 0 Å². The first-order valence-corrected chi connectivity index (χ1v) is 9.47. The Labute approximate surface area is 154 Å². The van der Waals surface area contributed by atoms with Gasteiger partial charge in [-0.25, -0.2) is 4.39 Å². The van der Waals surface area contributed by atoms with Crippen molar-refractivity contribution < 1.29 is 18.7 Å². The molecule has 0 spiro atoms. The molecule has 2 aliphatic rings. The van der Waals surface area contributed by atoms with Crippen LogP contribution in [0.2, 0.25) is 0 Å². The molecule has 1 aliphatic heterocycles. The fraction of sp³-hybridized carbons (Fsp3) is 0.600. The lowest BCUT2D eigenvalue weighted by Gasteiger charge is -2.38. The van der Waals surface area contributed by atoms with Crippen LogP contribution in [0.5, 0.6) is 5.75 Å². The molecule has 3 rings (SSSR count). The number of piperazine rings is 1. The molecule has 0 atom stereocenters. The lowest BCUT2D eigenvalue weighted by molar-refractivity contribution is -0.133.